The van der Waals surface area contributed by atoms with Crippen LogP contribution >= 0.6 is 11.3 Å². The lowest BCUT2D eigenvalue weighted by Gasteiger charge is -2.15. The van der Waals surface area contributed by atoms with E-state index in [2.05, 4.69) is 133 Å². The fourth-order valence-electron chi connectivity index (χ4n) is 6.49. The van der Waals surface area contributed by atoms with Crippen LogP contribution in [0.25, 0.3) is 81.4 Å². The molecule has 0 atom stereocenters. The first-order valence-corrected chi connectivity index (χ1v) is 14.2. The highest BCUT2D eigenvalue weighted by molar-refractivity contribution is 7.26. The number of rotatable bonds is 3. The van der Waals surface area contributed by atoms with Crippen molar-refractivity contribution in [2.24, 2.45) is 0 Å². The zero-order valence-corrected chi connectivity index (χ0v) is 22.4. The molecule has 0 aliphatic carbocycles. The topological polar surface area (TPSA) is 4.93 Å². The van der Waals surface area contributed by atoms with E-state index in [9.17, 15) is 0 Å². The van der Waals surface area contributed by atoms with Crippen LogP contribution in [0.2, 0.25) is 0 Å². The Bertz CT molecular complexity index is 2310. The molecule has 8 aromatic rings. The molecule has 0 fully saturated rings. The van der Waals surface area contributed by atoms with Gasteiger partial charge in [0.1, 0.15) is 0 Å². The van der Waals surface area contributed by atoms with Crippen molar-refractivity contribution in [3.63, 3.8) is 0 Å². The minimum atomic E-state index is 1.18. The van der Waals surface area contributed by atoms with Crippen molar-refractivity contribution in [3.8, 4) is 5.69 Å². The summed E-state index contributed by atoms with van der Waals surface area (Å²) in [6, 6.07) is 37.9. The Morgan fingerprint density at radius 1 is 0.590 bits per heavy atom. The maximum absolute atomic E-state index is 4.16. The Labute approximate surface area is 230 Å². The average molecular weight is 516 g/mol. The number of hydrogen-bond donors (Lipinski definition) is 0. The van der Waals surface area contributed by atoms with E-state index >= 15 is 0 Å². The van der Waals surface area contributed by atoms with Gasteiger partial charge in [-0.25, -0.2) is 0 Å². The molecule has 39 heavy (non-hydrogen) atoms. The first-order chi connectivity index (χ1) is 19.3. The van der Waals surface area contributed by atoms with Gasteiger partial charge in [-0.15, -0.1) is 11.3 Å². The van der Waals surface area contributed by atoms with Gasteiger partial charge in [0.2, 0.25) is 0 Å². The summed E-state index contributed by atoms with van der Waals surface area (Å²) in [4.78, 5) is 0. The van der Waals surface area contributed by atoms with Crippen molar-refractivity contribution in [1.82, 2.24) is 4.57 Å². The maximum Gasteiger partial charge on any atom is 0.0548 e. The Morgan fingerprint density at radius 3 is 2.13 bits per heavy atom. The number of aromatic nitrogens is 1. The van der Waals surface area contributed by atoms with E-state index in [4.69, 9.17) is 0 Å². The van der Waals surface area contributed by atoms with E-state index in [0.717, 1.165) is 0 Å². The van der Waals surface area contributed by atoms with Crippen LogP contribution in [0.4, 0.5) is 0 Å². The van der Waals surface area contributed by atoms with Gasteiger partial charge < -0.3 is 4.57 Å². The lowest BCUT2D eigenvalue weighted by atomic mass is 9.91. The standard InChI is InChI=1S/C37H25NS/c1-3-11-25-24(4-2)26-12-5-6-13-27(26)31-22-23(18-19-28(25)31)38-32-16-9-7-14-29(32)36-33(38)20-21-35-37(36)30-15-8-10-17-34(30)39-35/h3-22H,2H2,1H3/b11-3-. The molecule has 8 rings (SSSR count). The fourth-order valence-corrected chi connectivity index (χ4v) is 7.60. The predicted molar refractivity (Wildman–Crippen MR) is 173 cm³/mol. The molecule has 0 saturated heterocycles. The fraction of sp³-hybridized carbons (Fsp3) is 0.0270. The van der Waals surface area contributed by atoms with Gasteiger partial charge in [-0.1, -0.05) is 91.5 Å². The van der Waals surface area contributed by atoms with E-state index in [1.165, 1.54) is 80.3 Å². The summed E-state index contributed by atoms with van der Waals surface area (Å²) in [5.41, 5.74) is 6.06. The first-order valence-electron chi connectivity index (χ1n) is 13.4. The highest BCUT2D eigenvalue weighted by Gasteiger charge is 2.18. The van der Waals surface area contributed by atoms with Crippen LogP contribution in [0.3, 0.4) is 0 Å². The van der Waals surface area contributed by atoms with Gasteiger partial charge in [0.05, 0.1) is 11.0 Å². The van der Waals surface area contributed by atoms with E-state index in [1.807, 2.05) is 17.4 Å². The number of fused-ring (bicyclic) bond motifs is 10. The van der Waals surface area contributed by atoms with Crippen LogP contribution in [-0.2, 0) is 0 Å². The predicted octanol–water partition coefficient (Wildman–Crippen LogP) is 11.1. The summed E-state index contributed by atoms with van der Waals surface area (Å²) >= 11 is 1.88. The van der Waals surface area contributed by atoms with E-state index < -0.39 is 0 Å². The third-order valence-corrected chi connectivity index (χ3v) is 9.20. The van der Waals surface area contributed by atoms with Crippen LogP contribution in [0.5, 0.6) is 0 Å². The molecule has 0 saturated carbocycles. The van der Waals surface area contributed by atoms with Crippen molar-refractivity contribution in [2.45, 2.75) is 6.92 Å². The third kappa shape index (κ3) is 3.07. The van der Waals surface area contributed by atoms with Gasteiger partial charge >= 0.3 is 0 Å². The monoisotopic (exact) mass is 515 g/mol. The quantitative estimate of drug-likeness (QED) is 0.206. The van der Waals surface area contributed by atoms with Crippen LogP contribution in [-0.4, -0.2) is 4.57 Å². The van der Waals surface area contributed by atoms with E-state index in [0.29, 0.717) is 0 Å². The molecule has 2 heteroatoms. The molecule has 0 unspecified atom stereocenters. The molecule has 0 aliphatic heterocycles. The summed E-state index contributed by atoms with van der Waals surface area (Å²) in [5, 5.41) is 10.3. The SMILES string of the molecule is C=Cc1c(/C=C\C)c2ccc(-n3c4ccccc4c4c5c(ccc43)sc3ccccc35)cc2c2ccccc12. The number of benzene rings is 6. The van der Waals surface area contributed by atoms with Crippen molar-refractivity contribution in [2.75, 3.05) is 0 Å². The number of allylic oxidation sites excluding steroid dienone is 1. The van der Waals surface area contributed by atoms with Gasteiger partial charge in [-0.05, 0) is 76.0 Å². The Kier molecular flexibility index (Phi) is 4.82. The summed E-state index contributed by atoms with van der Waals surface area (Å²) in [5.74, 6) is 0. The lowest BCUT2D eigenvalue weighted by Crippen LogP contribution is -1.95. The van der Waals surface area contributed by atoms with Gasteiger partial charge in [0.15, 0.2) is 0 Å². The molecule has 0 radical (unpaired) electrons. The minimum absolute atomic E-state index is 1.18. The highest BCUT2D eigenvalue weighted by Crippen LogP contribution is 2.44. The van der Waals surface area contributed by atoms with Crippen molar-refractivity contribution < 1.29 is 0 Å². The summed E-state index contributed by atoms with van der Waals surface area (Å²) in [7, 11) is 0. The average Bonchev–Trinajstić information content (AvgIpc) is 3.53. The number of thiophene rings is 1. The van der Waals surface area contributed by atoms with Crippen molar-refractivity contribution in [1.29, 1.82) is 0 Å². The molecule has 2 aromatic heterocycles. The van der Waals surface area contributed by atoms with Crippen LogP contribution in [0.15, 0.2) is 116 Å². The first kappa shape index (κ1) is 22.3. The molecule has 0 N–H and O–H groups in total. The number of nitrogens with zero attached hydrogens (tertiary/aromatic N) is 1. The second kappa shape index (κ2) is 8.42. The normalized spacial score (nSPS) is 12.2. The molecule has 0 aliphatic rings. The van der Waals surface area contributed by atoms with Crippen LogP contribution in [0.1, 0.15) is 18.1 Å². The molecule has 0 spiro atoms. The minimum Gasteiger partial charge on any atom is -0.309 e. The summed E-state index contributed by atoms with van der Waals surface area (Å²) in [6.45, 7) is 6.24. The Hall–Kier alpha value is -4.66. The number of para-hydroxylation sites is 1. The zero-order chi connectivity index (χ0) is 26.1. The summed E-state index contributed by atoms with van der Waals surface area (Å²) < 4.78 is 5.12. The molecule has 0 amide bonds. The van der Waals surface area contributed by atoms with Crippen molar-refractivity contribution >= 4 is 87.0 Å². The van der Waals surface area contributed by atoms with Crippen LogP contribution < -0.4 is 0 Å². The summed E-state index contributed by atoms with van der Waals surface area (Å²) in [6.07, 6.45) is 6.33. The van der Waals surface area contributed by atoms with Crippen LogP contribution in [0, 0.1) is 0 Å². The molecular formula is C37H25NS. The van der Waals surface area contributed by atoms with Gasteiger partial charge in [-0.3, -0.25) is 0 Å². The van der Waals surface area contributed by atoms with Crippen molar-refractivity contribution in [3.05, 3.63) is 127 Å². The third-order valence-electron chi connectivity index (χ3n) is 8.06. The van der Waals surface area contributed by atoms with Gasteiger partial charge in [0.25, 0.3) is 0 Å². The lowest BCUT2D eigenvalue weighted by molar-refractivity contribution is 1.19. The Balaban J connectivity index is 1.53. The molecule has 2 heterocycles. The molecule has 184 valence electrons. The van der Waals surface area contributed by atoms with E-state index in [1.54, 1.807) is 0 Å². The maximum atomic E-state index is 4.16. The molecule has 0 bridgehead atoms. The largest absolute Gasteiger partial charge is 0.309 e. The second-order valence-electron chi connectivity index (χ2n) is 10.1. The molecule has 6 aromatic carbocycles. The number of hydrogen-bond acceptors (Lipinski definition) is 1. The Morgan fingerprint density at radius 2 is 1.31 bits per heavy atom. The van der Waals surface area contributed by atoms with Gasteiger partial charge in [-0.2, -0.15) is 0 Å². The zero-order valence-electron chi connectivity index (χ0n) is 21.6. The smallest absolute Gasteiger partial charge is 0.0548 e. The van der Waals surface area contributed by atoms with Gasteiger partial charge in [0, 0.05) is 36.6 Å². The highest BCUT2D eigenvalue weighted by atomic mass is 32.1. The molecular weight excluding hydrogens is 490 g/mol. The van der Waals surface area contributed by atoms with E-state index in [-0.39, 0.29) is 0 Å². The second-order valence-corrected chi connectivity index (χ2v) is 11.2. The molecule has 1 nitrogen and oxygen atoms in total.